The Morgan fingerprint density at radius 1 is 1.03 bits per heavy atom. The van der Waals surface area contributed by atoms with Gasteiger partial charge in [0.1, 0.15) is 10.6 Å². The second kappa shape index (κ2) is 10.6. The number of ether oxygens (including phenoxy) is 1. The molecule has 2 heterocycles. The normalized spacial score (nSPS) is 17.1. The molecule has 8 nitrogen and oxygen atoms in total. The minimum atomic E-state index is -3.74. The van der Waals surface area contributed by atoms with Crippen LogP contribution in [0.3, 0.4) is 0 Å². The van der Waals surface area contributed by atoms with Gasteiger partial charge in [-0.15, -0.1) is 0 Å². The fourth-order valence-corrected chi connectivity index (χ4v) is 6.09. The Labute approximate surface area is 200 Å². The van der Waals surface area contributed by atoms with E-state index < -0.39 is 10.0 Å². The number of nitrogens with one attached hydrogen (secondary N) is 1. The van der Waals surface area contributed by atoms with E-state index in [2.05, 4.69) is 5.32 Å². The minimum Gasteiger partial charge on any atom is -0.492 e. The van der Waals surface area contributed by atoms with Crippen molar-refractivity contribution in [3.63, 3.8) is 0 Å². The van der Waals surface area contributed by atoms with Crippen molar-refractivity contribution in [3.8, 4) is 5.75 Å². The number of likely N-dealkylation sites (tertiary alicyclic amines) is 1. The molecule has 2 aromatic rings. The first-order chi connectivity index (χ1) is 16.4. The maximum atomic E-state index is 13.3. The Morgan fingerprint density at radius 3 is 2.53 bits per heavy atom. The number of hydrogen-bond donors (Lipinski definition) is 1. The molecule has 34 heavy (non-hydrogen) atoms. The molecule has 1 N–H and O–H groups in total. The van der Waals surface area contributed by atoms with Crippen LogP contribution in [0.15, 0.2) is 47.4 Å². The first kappa shape index (κ1) is 24.2. The first-order valence-electron chi connectivity index (χ1n) is 11.8. The highest BCUT2D eigenvalue weighted by Crippen LogP contribution is 2.31. The number of nitrogens with zero attached hydrogens (tertiary/aromatic N) is 2. The van der Waals surface area contributed by atoms with Gasteiger partial charge in [-0.05, 0) is 62.1 Å². The number of piperidine rings is 1. The van der Waals surface area contributed by atoms with Crippen molar-refractivity contribution in [2.45, 2.75) is 50.5 Å². The van der Waals surface area contributed by atoms with Crippen molar-refractivity contribution in [1.29, 1.82) is 0 Å². The monoisotopic (exact) mass is 485 g/mol. The Hall–Kier alpha value is -2.91. The van der Waals surface area contributed by atoms with Gasteiger partial charge in [-0.2, -0.15) is 4.31 Å². The summed E-state index contributed by atoms with van der Waals surface area (Å²) in [6, 6.07) is 11.8. The van der Waals surface area contributed by atoms with Crippen LogP contribution in [0, 0.1) is 0 Å². The minimum absolute atomic E-state index is 0.0651. The molecular formula is C25H31N3O5S. The van der Waals surface area contributed by atoms with Crippen LogP contribution in [0.25, 0.3) is 0 Å². The Bertz CT molecular complexity index is 1160. The largest absolute Gasteiger partial charge is 0.492 e. The summed E-state index contributed by atoms with van der Waals surface area (Å²) < 4.78 is 33.7. The summed E-state index contributed by atoms with van der Waals surface area (Å²) >= 11 is 0. The van der Waals surface area contributed by atoms with E-state index in [1.807, 2.05) is 6.07 Å². The molecule has 9 heteroatoms. The van der Waals surface area contributed by atoms with Gasteiger partial charge in [-0.3, -0.25) is 9.59 Å². The maximum absolute atomic E-state index is 13.3. The lowest BCUT2D eigenvalue weighted by Crippen LogP contribution is -2.35. The predicted octanol–water partition coefficient (Wildman–Crippen LogP) is 3.63. The highest BCUT2D eigenvalue weighted by Gasteiger charge is 2.29. The lowest BCUT2D eigenvalue weighted by atomic mass is 10.1. The third-order valence-electron chi connectivity index (χ3n) is 6.17. The Kier molecular flexibility index (Phi) is 7.53. The van der Waals surface area contributed by atoms with Crippen molar-refractivity contribution in [2.24, 2.45) is 0 Å². The summed E-state index contributed by atoms with van der Waals surface area (Å²) in [6.07, 6.45) is 4.11. The molecule has 0 radical (unpaired) electrons. The highest BCUT2D eigenvalue weighted by atomic mass is 32.2. The second-order valence-electron chi connectivity index (χ2n) is 8.63. The molecule has 0 atom stereocenters. The van der Waals surface area contributed by atoms with Crippen molar-refractivity contribution in [3.05, 3.63) is 53.6 Å². The van der Waals surface area contributed by atoms with Crippen LogP contribution in [0.2, 0.25) is 0 Å². The molecule has 0 unspecified atom stereocenters. The van der Waals surface area contributed by atoms with Crippen LogP contribution in [0.5, 0.6) is 5.75 Å². The summed E-state index contributed by atoms with van der Waals surface area (Å²) in [7, 11) is -3.74. The fraction of sp³-hybridized carbons (Fsp3) is 0.440. The van der Waals surface area contributed by atoms with Crippen LogP contribution < -0.4 is 10.1 Å². The van der Waals surface area contributed by atoms with Gasteiger partial charge in [-0.25, -0.2) is 8.42 Å². The number of carbonyl (C=O) groups excluding carboxylic acids is 2. The van der Waals surface area contributed by atoms with Gasteiger partial charge in [0.05, 0.1) is 6.61 Å². The molecule has 2 fully saturated rings. The molecule has 2 amide bonds. The fourth-order valence-electron chi connectivity index (χ4n) is 4.41. The Morgan fingerprint density at radius 2 is 1.82 bits per heavy atom. The molecule has 0 spiro atoms. The van der Waals surface area contributed by atoms with Crippen LogP contribution in [-0.2, 0) is 21.4 Å². The van der Waals surface area contributed by atoms with E-state index in [0.29, 0.717) is 43.9 Å². The summed E-state index contributed by atoms with van der Waals surface area (Å²) in [5, 5.41) is 2.81. The number of carbonyl (C=O) groups is 2. The van der Waals surface area contributed by atoms with Gasteiger partial charge >= 0.3 is 0 Å². The van der Waals surface area contributed by atoms with Crippen molar-refractivity contribution >= 4 is 27.5 Å². The van der Waals surface area contributed by atoms with Crippen molar-refractivity contribution in [2.75, 3.05) is 31.6 Å². The summed E-state index contributed by atoms with van der Waals surface area (Å²) in [4.78, 5) is 26.7. The molecule has 4 rings (SSSR count). The van der Waals surface area contributed by atoms with E-state index >= 15 is 0 Å². The maximum Gasteiger partial charge on any atom is 0.255 e. The van der Waals surface area contributed by atoms with Gasteiger partial charge in [0.15, 0.2) is 0 Å². The summed E-state index contributed by atoms with van der Waals surface area (Å²) in [5.74, 6) is 0.0649. The zero-order chi connectivity index (χ0) is 24.1. The number of hydrogen-bond acceptors (Lipinski definition) is 5. The molecule has 0 bridgehead atoms. The molecule has 2 aliphatic rings. The Balaban J connectivity index is 1.54. The standard InChI is InChI=1S/C25H31N3O5S/c1-2-33-22-12-11-21(17-23(22)34(31,32)28-14-4-3-5-15-28)26-25(30)20-9-6-8-19(16-20)18-27-13-7-10-24(27)29/h6,8-9,11-12,16-17H,2-5,7,10,13-15,18H2,1H3,(H,26,30). The van der Waals surface area contributed by atoms with Gasteiger partial charge in [0, 0.05) is 43.9 Å². The first-order valence-corrected chi connectivity index (χ1v) is 13.3. The predicted molar refractivity (Wildman–Crippen MR) is 129 cm³/mol. The van der Waals surface area contributed by atoms with E-state index in [4.69, 9.17) is 4.74 Å². The van der Waals surface area contributed by atoms with Gasteiger partial charge in [0.2, 0.25) is 15.9 Å². The van der Waals surface area contributed by atoms with Crippen LogP contribution >= 0.6 is 0 Å². The van der Waals surface area contributed by atoms with Crippen LogP contribution in [-0.4, -0.2) is 55.7 Å². The molecule has 2 saturated heterocycles. The van der Waals surface area contributed by atoms with Crippen LogP contribution in [0.1, 0.15) is 54.9 Å². The lowest BCUT2D eigenvalue weighted by molar-refractivity contribution is -0.128. The third kappa shape index (κ3) is 5.42. The quantitative estimate of drug-likeness (QED) is 0.616. The molecule has 2 aliphatic heterocycles. The van der Waals surface area contributed by atoms with E-state index in [9.17, 15) is 18.0 Å². The molecule has 0 aromatic heterocycles. The molecular weight excluding hydrogens is 454 g/mol. The number of anilines is 1. The highest BCUT2D eigenvalue weighted by molar-refractivity contribution is 7.89. The topological polar surface area (TPSA) is 96.0 Å². The average molecular weight is 486 g/mol. The van der Waals surface area contributed by atoms with Gasteiger partial charge < -0.3 is 15.0 Å². The summed E-state index contributed by atoms with van der Waals surface area (Å²) in [5.41, 5.74) is 1.70. The van der Waals surface area contributed by atoms with E-state index in [1.54, 1.807) is 42.2 Å². The van der Waals surface area contributed by atoms with Crippen molar-refractivity contribution in [1.82, 2.24) is 9.21 Å². The average Bonchev–Trinajstić information content (AvgIpc) is 3.25. The summed E-state index contributed by atoms with van der Waals surface area (Å²) in [6.45, 7) is 4.31. The molecule has 0 saturated carbocycles. The number of benzene rings is 2. The van der Waals surface area contributed by atoms with Crippen LogP contribution in [0.4, 0.5) is 5.69 Å². The zero-order valence-corrected chi connectivity index (χ0v) is 20.3. The number of rotatable bonds is 8. The van der Waals surface area contributed by atoms with Crippen molar-refractivity contribution < 1.29 is 22.7 Å². The van der Waals surface area contributed by atoms with E-state index in [1.165, 1.54) is 10.4 Å². The SMILES string of the molecule is CCOc1ccc(NC(=O)c2cccc(CN3CCCC3=O)c2)cc1S(=O)(=O)N1CCCCC1. The lowest BCUT2D eigenvalue weighted by Gasteiger charge is -2.27. The number of amides is 2. The molecule has 182 valence electrons. The molecule has 0 aliphatic carbocycles. The second-order valence-corrected chi connectivity index (χ2v) is 10.5. The van der Waals surface area contributed by atoms with E-state index in [0.717, 1.165) is 37.8 Å². The number of sulfonamides is 1. The van der Waals surface area contributed by atoms with Gasteiger partial charge in [0.25, 0.3) is 5.91 Å². The smallest absolute Gasteiger partial charge is 0.255 e. The zero-order valence-electron chi connectivity index (χ0n) is 19.5. The van der Waals surface area contributed by atoms with Gasteiger partial charge in [-0.1, -0.05) is 18.6 Å². The third-order valence-corrected chi connectivity index (χ3v) is 8.09. The molecule has 2 aromatic carbocycles. The van der Waals surface area contributed by atoms with E-state index in [-0.39, 0.29) is 22.5 Å².